The Balaban J connectivity index is 1.62. The summed E-state index contributed by atoms with van der Waals surface area (Å²) in [7, 11) is 0. The average Bonchev–Trinajstić information content (AvgIpc) is 3.15. The van der Waals surface area contributed by atoms with E-state index in [2.05, 4.69) is 9.88 Å². The van der Waals surface area contributed by atoms with Crippen LogP contribution in [0, 0.1) is 6.92 Å². The first-order valence-corrected chi connectivity index (χ1v) is 8.61. The van der Waals surface area contributed by atoms with Gasteiger partial charge < -0.3 is 14.4 Å². The maximum atomic E-state index is 12.6. The van der Waals surface area contributed by atoms with E-state index in [1.54, 1.807) is 24.3 Å². The number of carbonyl (C=O) groups is 1. The first-order chi connectivity index (χ1) is 11.0. The number of nitrogens with zero attached hydrogens (tertiary/aromatic N) is 3. The first-order valence-electron chi connectivity index (χ1n) is 7.73. The van der Waals surface area contributed by atoms with Crippen LogP contribution < -0.4 is 0 Å². The number of β-amino-alcohol motifs (C(OH)–C–C–N with tert-alkyl or cyclic N) is 1. The van der Waals surface area contributed by atoms with Crippen LogP contribution in [0.2, 0.25) is 0 Å². The third-order valence-corrected chi connectivity index (χ3v) is 4.67. The van der Waals surface area contributed by atoms with Crippen LogP contribution in [0.4, 0.5) is 0 Å². The van der Waals surface area contributed by atoms with E-state index in [0.717, 1.165) is 23.8 Å². The minimum Gasteiger partial charge on any atom is -0.462 e. The fraction of sp³-hybridized carbons (Fsp3) is 0.500. The molecule has 2 aromatic heterocycles. The Labute approximate surface area is 139 Å². The van der Waals surface area contributed by atoms with Crippen molar-refractivity contribution in [3.8, 4) is 11.5 Å². The van der Waals surface area contributed by atoms with E-state index >= 15 is 0 Å². The zero-order valence-electron chi connectivity index (χ0n) is 13.4. The van der Waals surface area contributed by atoms with E-state index in [1.807, 2.05) is 17.2 Å². The fourth-order valence-electron chi connectivity index (χ4n) is 2.75. The summed E-state index contributed by atoms with van der Waals surface area (Å²) in [6.07, 6.45) is 1.17. The van der Waals surface area contributed by atoms with Crippen LogP contribution >= 0.6 is 11.3 Å². The lowest BCUT2D eigenvalue weighted by molar-refractivity contribution is 0.0553. The molecule has 0 bridgehead atoms. The van der Waals surface area contributed by atoms with Gasteiger partial charge in [-0.2, -0.15) is 0 Å². The Morgan fingerprint density at radius 3 is 2.78 bits per heavy atom. The Hall–Kier alpha value is -1.70. The van der Waals surface area contributed by atoms with Gasteiger partial charge in [0.15, 0.2) is 5.76 Å². The third kappa shape index (κ3) is 3.80. The van der Waals surface area contributed by atoms with Crippen molar-refractivity contribution in [1.82, 2.24) is 14.8 Å². The molecular weight excluding hydrogens is 314 g/mol. The minimum absolute atomic E-state index is 0.0105. The van der Waals surface area contributed by atoms with Crippen molar-refractivity contribution < 1.29 is 14.3 Å². The maximum Gasteiger partial charge on any atom is 0.257 e. The van der Waals surface area contributed by atoms with Crippen molar-refractivity contribution >= 4 is 17.2 Å². The van der Waals surface area contributed by atoms with E-state index in [0.29, 0.717) is 31.0 Å². The highest BCUT2D eigenvalue weighted by Gasteiger charge is 2.24. The number of furan rings is 1. The van der Waals surface area contributed by atoms with E-state index in [-0.39, 0.29) is 12.0 Å². The summed E-state index contributed by atoms with van der Waals surface area (Å²) >= 11 is 1.56. The van der Waals surface area contributed by atoms with Gasteiger partial charge in [-0.3, -0.25) is 9.69 Å². The summed E-state index contributed by atoms with van der Waals surface area (Å²) in [4.78, 5) is 20.9. The van der Waals surface area contributed by atoms with Crippen LogP contribution in [-0.2, 0) is 0 Å². The Bertz CT molecular complexity index is 672. The quantitative estimate of drug-likeness (QED) is 0.923. The largest absolute Gasteiger partial charge is 0.462 e. The number of aliphatic hydroxyl groups excluding tert-OH is 1. The van der Waals surface area contributed by atoms with Gasteiger partial charge in [0.25, 0.3) is 5.91 Å². The molecule has 0 aromatic carbocycles. The molecule has 0 saturated carbocycles. The second-order valence-electron chi connectivity index (χ2n) is 5.89. The zero-order chi connectivity index (χ0) is 16.4. The molecule has 1 fully saturated rings. The lowest BCUT2D eigenvalue weighted by Gasteiger charge is -2.35. The average molecular weight is 335 g/mol. The number of aryl methyl sites for hydroxylation is 1. The molecule has 23 heavy (non-hydrogen) atoms. The first kappa shape index (κ1) is 16.2. The summed E-state index contributed by atoms with van der Waals surface area (Å²) in [6.45, 7) is 7.28. The molecule has 7 heteroatoms. The Morgan fingerprint density at radius 1 is 1.43 bits per heavy atom. The predicted octanol–water partition coefficient (Wildman–Crippen LogP) is 1.85. The molecule has 1 aliphatic heterocycles. The summed E-state index contributed by atoms with van der Waals surface area (Å²) in [5, 5.41) is 12.3. The lowest BCUT2D eigenvalue weighted by Crippen LogP contribution is -2.50. The topological polar surface area (TPSA) is 69.8 Å². The zero-order valence-corrected chi connectivity index (χ0v) is 14.2. The van der Waals surface area contributed by atoms with E-state index < -0.39 is 0 Å². The van der Waals surface area contributed by atoms with E-state index in [9.17, 15) is 9.90 Å². The van der Waals surface area contributed by atoms with Gasteiger partial charge in [-0.25, -0.2) is 4.98 Å². The van der Waals surface area contributed by atoms with Gasteiger partial charge in [0.1, 0.15) is 12.0 Å². The fourth-order valence-corrected chi connectivity index (χ4v) is 3.35. The Kier molecular flexibility index (Phi) is 4.79. The Morgan fingerprint density at radius 2 is 2.17 bits per heavy atom. The lowest BCUT2D eigenvalue weighted by atomic mass is 10.2. The molecule has 1 saturated heterocycles. The number of amides is 1. The maximum absolute atomic E-state index is 12.6. The summed E-state index contributed by atoms with van der Waals surface area (Å²) in [5.74, 6) is 0.620. The van der Waals surface area contributed by atoms with E-state index in [1.165, 1.54) is 6.26 Å². The van der Waals surface area contributed by atoms with Crippen molar-refractivity contribution in [2.75, 3.05) is 32.7 Å². The normalized spacial score (nSPS) is 17.4. The third-order valence-electron chi connectivity index (χ3n) is 3.90. The molecule has 1 N–H and O–H groups in total. The smallest absolute Gasteiger partial charge is 0.257 e. The van der Waals surface area contributed by atoms with Crippen LogP contribution in [0.25, 0.3) is 11.5 Å². The van der Waals surface area contributed by atoms with Crippen molar-refractivity contribution in [3.63, 3.8) is 0 Å². The molecule has 2 aromatic rings. The molecule has 0 unspecified atom stereocenters. The number of piperazine rings is 1. The number of hydrogen-bond acceptors (Lipinski definition) is 6. The van der Waals surface area contributed by atoms with Crippen LogP contribution in [0.1, 0.15) is 22.3 Å². The van der Waals surface area contributed by atoms with Crippen molar-refractivity contribution in [3.05, 3.63) is 28.3 Å². The number of carbonyl (C=O) groups excluding carboxylic acids is 1. The number of aromatic nitrogens is 1. The second-order valence-corrected chi connectivity index (χ2v) is 6.96. The molecule has 0 aliphatic carbocycles. The minimum atomic E-state index is -0.338. The molecular formula is C16H21N3O3S. The van der Waals surface area contributed by atoms with Gasteiger partial charge in [0.2, 0.25) is 0 Å². The molecule has 3 rings (SSSR count). The standard InChI is InChI=1S/C16H21N3O3S/c1-11(20)8-18-3-5-19(6-4-18)16(21)13-7-15(22-9-13)14-10-23-12(2)17-14/h7,9-11,20H,3-6,8H2,1-2H3/t11-/m1/s1. The van der Waals surface area contributed by atoms with E-state index in [4.69, 9.17) is 4.42 Å². The molecule has 1 amide bonds. The van der Waals surface area contributed by atoms with Crippen LogP contribution in [-0.4, -0.2) is 64.6 Å². The van der Waals surface area contributed by atoms with Gasteiger partial charge in [-0.05, 0) is 19.9 Å². The molecule has 3 heterocycles. The summed E-state index contributed by atoms with van der Waals surface area (Å²) in [5.41, 5.74) is 1.34. The molecule has 1 aliphatic rings. The number of rotatable bonds is 4. The second kappa shape index (κ2) is 6.82. The van der Waals surface area contributed by atoms with Gasteiger partial charge >= 0.3 is 0 Å². The van der Waals surface area contributed by atoms with Crippen molar-refractivity contribution in [2.24, 2.45) is 0 Å². The monoisotopic (exact) mass is 335 g/mol. The highest BCUT2D eigenvalue weighted by Crippen LogP contribution is 2.24. The molecule has 0 spiro atoms. The van der Waals surface area contributed by atoms with Gasteiger partial charge in [-0.15, -0.1) is 11.3 Å². The van der Waals surface area contributed by atoms with Crippen molar-refractivity contribution in [2.45, 2.75) is 20.0 Å². The molecule has 6 nitrogen and oxygen atoms in total. The van der Waals surface area contributed by atoms with Crippen molar-refractivity contribution in [1.29, 1.82) is 0 Å². The highest BCUT2D eigenvalue weighted by molar-refractivity contribution is 7.09. The number of thiazole rings is 1. The highest BCUT2D eigenvalue weighted by atomic mass is 32.1. The SMILES string of the molecule is Cc1nc(-c2cc(C(=O)N3CCN(C[C@@H](C)O)CC3)co2)cs1. The van der Waals surface area contributed by atoms with Crippen LogP contribution in [0.3, 0.4) is 0 Å². The summed E-state index contributed by atoms with van der Waals surface area (Å²) < 4.78 is 5.50. The van der Waals surface area contributed by atoms with Crippen LogP contribution in [0.5, 0.6) is 0 Å². The van der Waals surface area contributed by atoms with Gasteiger partial charge in [-0.1, -0.05) is 0 Å². The van der Waals surface area contributed by atoms with Gasteiger partial charge in [0.05, 0.1) is 16.7 Å². The van der Waals surface area contributed by atoms with Gasteiger partial charge in [0, 0.05) is 38.1 Å². The molecule has 1 atom stereocenters. The molecule has 0 radical (unpaired) electrons. The summed E-state index contributed by atoms with van der Waals surface area (Å²) in [6, 6.07) is 1.76. The number of aliphatic hydroxyl groups is 1. The number of hydrogen-bond donors (Lipinski definition) is 1. The van der Waals surface area contributed by atoms with Crippen LogP contribution in [0.15, 0.2) is 22.1 Å². The predicted molar refractivity (Wildman–Crippen MR) is 88.6 cm³/mol. The molecule has 124 valence electrons.